The average molecular weight is 583 g/mol. The van der Waals surface area contributed by atoms with Crippen LogP contribution in [-0.4, -0.2) is 0 Å². The minimum atomic E-state index is 1.22. The van der Waals surface area contributed by atoms with Crippen molar-refractivity contribution < 1.29 is 0 Å². The minimum Gasteiger partial charge on any atom is -0.0622 e. The highest BCUT2D eigenvalue weighted by atomic mass is 14.2. The van der Waals surface area contributed by atoms with Crippen molar-refractivity contribution in [3.05, 3.63) is 182 Å². The van der Waals surface area contributed by atoms with Gasteiger partial charge in [0.1, 0.15) is 0 Å². The molecule has 0 spiro atoms. The summed E-state index contributed by atoms with van der Waals surface area (Å²) in [7, 11) is 0. The zero-order chi connectivity index (χ0) is 30.5. The zero-order valence-electron chi connectivity index (χ0n) is 25.3. The lowest BCUT2D eigenvalue weighted by Crippen LogP contribution is -1.86. The largest absolute Gasteiger partial charge is 0.0622 e. The standard InChI is InChI=1S/C46H30/c1-2-10-31(11-3-1)32-22-24-33(25-23-32)34-12-6-13-35(28-34)36-14-7-15-37(29-36)38-16-8-17-39(30-38)40-26-27-45-42-19-5-4-18-41(42)44-21-9-20-43(40)46(44)45/h1-30H. The third-order valence-corrected chi connectivity index (χ3v) is 9.44. The number of hydrogen-bond acceptors (Lipinski definition) is 0. The summed E-state index contributed by atoms with van der Waals surface area (Å²) in [5.74, 6) is 0. The molecule has 46 heavy (non-hydrogen) atoms. The summed E-state index contributed by atoms with van der Waals surface area (Å²) in [4.78, 5) is 0. The smallest absolute Gasteiger partial charge is 0.00201 e. The summed E-state index contributed by atoms with van der Waals surface area (Å²) in [5.41, 5.74) is 17.6. The number of hydrogen-bond donors (Lipinski definition) is 0. The van der Waals surface area contributed by atoms with Gasteiger partial charge in [-0.15, -0.1) is 0 Å². The highest BCUT2D eigenvalue weighted by molar-refractivity contribution is 6.18. The molecule has 0 saturated carbocycles. The van der Waals surface area contributed by atoms with Gasteiger partial charge >= 0.3 is 0 Å². The topological polar surface area (TPSA) is 0 Å². The maximum Gasteiger partial charge on any atom is -0.00201 e. The van der Waals surface area contributed by atoms with Crippen molar-refractivity contribution in [2.75, 3.05) is 0 Å². The van der Waals surface area contributed by atoms with Gasteiger partial charge in [0, 0.05) is 0 Å². The van der Waals surface area contributed by atoms with Crippen LogP contribution in [0.1, 0.15) is 0 Å². The Bertz CT molecular complexity index is 2360. The molecule has 0 radical (unpaired) electrons. The van der Waals surface area contributed by atoms with Gasteiger partial charge in [-0.1, -0.05) is 164 Å². The Hall–Kier alpha value is -5.98. The molecular weight excluding hydrogens is 553 g/mol. The molecular formula is C46H30. The molecule has 0 N–H and O–H groups in total. The van der Waals surface area contributed by atoms with Crippen molar-refractivity contribution in [2.45, 2.75) is 0 Å². The summed E-state index contributed by atoms with van der Waals surface area (Å²) in [6.07, 6.45) is 0. The first kappa shape index (κ1) is 26.4. The molecule has 214 valence electrons. The molecule has 0 unspecified atom stereocenters. The lowest BCUT2D eigenvalue weighted by atomic mass is 9.92. The molecule has 0 nitrogen and oxygen atoms in total. The Morgan fingerprint density at radius 1 is 0.196 bits per heavy atom. The van der Waals surface area contributed by atoms with Crippen LogP contribution in [0.25, 0.3) is 88.7 Å². The maximum atomic E-state index is 2.34. The van der Waals surface area contributed by atoms with Crippen LogP contribution < -0.4 is 0 Å². The van der Waals surface area contributed by atoms with Crippen LogP contribution in [0.2, 0.25) is 0 Å². The van der Waals surface area contributed by atoms with Gasteiger partial charge in [0.15, 0.2) is 0 Å². The van der Waals surface area contributed by atoms with Crippen LogP contribution in [0, 0.1) is 0 Å². The van der Waals surface area contributed by atoms with Gasteiger partial charge in [-0.3, -0.25) is 0 Å². The van der Waals surface area contributed by atoms with Gasteiger partial charge < -0.3 is 0 Å². The van der Waals surface area contributed by atoms with Crippen molar-refractivity contribution in [1.29, 1.82) is 0 Å². The van der Waals surface area contributed by atoms with E-state index in [1.165, 1.54) is 88.7 Å². The second kappa shape index (κ2) is 10.9. The maximum absolute atomic E-state index is 2.34. The molecule has 9 rings (SSSR count). The summed E-state index contributed by atoms with van der Waals surface area (Å²) in [6.45, 7) is 0. The van der Waals surface area contributed by atoms with Crippen LogP contribution in [-0.2, 0) is 0 Å². The van der Waals surface area contributed by atoms with Gasteiger partial charge in [0.25, 0.3) is 0 Å². The summed E-state index contributed by atoms with van der Waals surface area (Å²) < 4.78 is 0. The molecule has 1 aliphatic carbocycles. The fourth-order valence-corrected chi connectivity index (χ4v) is 7.17. The molecule has 1 aliphatic rings. The van der Waals surface area contributed by atoms with Gasteiger partial charge in [-0.05, 0) is 107 Å². The van der Waals surface area contributed by atoms with Crippen LogP contribution in [0.5, 0.6) is 0 Å². The van der Waals surface area contributed by atoms with Crippen LogP contribution >= 0.6 is 0 Å². The van der Waals surface area contributed by atoms with E-state index < -0.39 is 0 Å². The van der Waals surface area contributed by atoms with Crippen LogP contribution in [0.15, 0.2) is 182 Å². The van der Waals surface area contributed by atoms with E-state index in [0.717, 1.165) is 0 Å². The van der Waals surface area contributed by atoms with E-state index >= 15 is 0 Å². The van der Waals surface area contributed by atoms with Gasteiger partial charge in [-0.25, -0.2) is 0 Å². The van der Waals surface area contributed by atoms with Gasteiger partial charge in [-0.2, -0.15) is 0 Å². The van der Waals surface area contributed by atoms with E-state index in [2.05, 4.69) is 182 Å². The van der Waals surface area contributed by atoms with Crippen molar-refractivity contribution in [2.24, 2.45) is 0 Å². The first-order valence-corrected chi connectivity index (χ1v) is 15.9. The molecule has 0 aromatic heterocycles. The molecule has 8 aromatic rings. The fourth-order valence-electron chi connectivity index (χ4n) is 7.17. The van der Waals surface area contributed by atoms with E-state index in [9.17, 15) is 0 Å². The third-order valence-electron chi connectivity index (χ3n) is 9.44. The third kappa shape index (κ3) is 4.47. The predicted octanol–water partition coefficient (Wildman–Crippen LogP) is 12.8. The van der Waals surface area contributed by atoms with Gasteiger partial charge in [0.2, 0.25) is 0 Å². The van der Waals surface area contributed by atoms with E-state index in [4.69, 9.17) is 0 Å². The summed E-state index contributed by atoms with van der Waals surface area (Å²) in [5, 5.41) is 2.67. The van der Waals surface area contributed by atoms with Crippen molar-refractivity contribution in [3.8, 4) is 77.9 Å². The molecule has 0 heterocycles. The van der Waals surface area contributed by atoms with Crippen LogP contribution in [0.3, 0.4) is 0 Å². The van der Waals surface area contributed by atoms with E-state index in [-0.39, 0.29) is 0 Å². The number of fused-ring (bicyclic) bond motifs is 3. The number of rotatable bonds is 5. The average Bonchev–Trinajstić information content (AvgIpc) is 3.47. The van der Waals surface area contributed by atoms with Crippen LogP contribution in [0.4, 0.5) is 0 Å². The summed E-state index contributed by atoms with van der Waals surface area (Å²) >= 11 is 0. The Morgan fingerprint density at radius 3 is 1.17 bits per heavy atom. The highest BCUT2D eigenvalue weighted by Gasteiger charge is 2.22. The Labute approximate surface area is 269 Å². The first-order chi connectivity index (χ1) is 22.8. The molecule has 0 amide bonds. The fraction of sp³-hybridized carbons (Fsp3) is 0. The highest BCUT2D eigenvalue weighted by Crippen LogP contribution is 2.49. The lowest BCUT2D eigenvalue weighted by molar-refractivity contribution is 1.56. The molecule has 0 atom stereocenters. The van der Waals surface area contributed by atoms with Gasteiger partial charge in [0.05, 0.1) is 0 Å². The normalized spacial score (nSPS) is 11.5. The first-order valence-electron chi connectivity index (χ1n) is 15.9. The second-order valence-electron chi connectivity index (χ2n) is 12.1. The van der Waals surface area contributed by atoms with Crippen molar-refractivity contribution >= 4 is 10.8 Å². The second-order valence-corrected chi connectivity index (χ2v) is 12.1. The van der Waals surface area contributed by atoms with E-state index in [0.29, 0.717) is 0 Å². The van der Waals surface area contributed by atoms with Crippen molar-refractivity contribution in [1.82, 2.24) is 0 Å². The quantitative estimate of drug-likeness (QED) is 0.189. The van der Waals surface area contributed by atoms with E-state index in [1.807, 2.05) is 0 Å². The molecule has 8 aromatic carbocycles. The Kier molecular flexibility index (Phi) is 6.25. The molecule has 0 saturated heterocycles. The Balaban J connectivity index is 1.05. The Morgan fingerprint density at radius 2 is 0.565 bits per heavy atom. The molecule has 0 aliphatic heterocycles. The van der Waals surface area contributed by atoms with E-state index in [1.54, 1.807) is 0 Å². The molecule has 0 heteroatoms. The monoisotopic (exact) mass is 582 g/mol. The summed E-state index contributed by atoms with van der Waals surface area (Å²) in [6, 6.07) is 66.4. The van der Waals surface area contributed by atoms with Crippen molar-refractivity contribution in [3.63, 3.8) is 0 Å². The zero-order valence-corrected chi connectivity index (χ0v) is 25.3. The minimum absolute atomic E-state index is 1.22. The molecule has 0 bridgehead atoms. The number of benzene rings is 8. The lowest BCUT2D eigenvalue weighted by Gasteiger charge is -2.12. The molecule has 0 fully saturated rings. The predicted molar refractivity (Wildman–Crippen MR) is 196 cm³/mol. The SMILES string of the molecule is c1ccc(-c2ccc(-c3cccc(-c4cccc(-c5cccc(-c6ccc7c8c(cccc68)-c6ccccc6-7)c5)c4)c3)cc2)cc1.